The summed E-state index contributed by atoms with van der Waals surface area (Å²) in [6.07, 6.45) is 2.34. The molecule has 4 aromatic rings. The Morgan fingerprint density at radius 3 is 2.51 bits per heavy atom. The summed E-state index contributed by atoms with van der Waals surface area (Å²) in [5.41, 5.74) is 4.28. The molecule has 0 aliphatic rings. The van der Waals surface area contributed by atoms with Crippen LogP contribution in [0.5, 0.6) is 17.2 Å². The molecule has 0 spiro atoms. The number of hydrogen-bond acceptors (Lipinski definition) is 7. The highest BCUT2D eigenvalue weighted by Gasteiger charge is 2.19. The van der Waals surface area contributed by atoms with Gasteiger partial charge in [-0.2, -0.15) is 0 Å². The third-order valence-electron chi connectivity index (χ3n) is 6.96. The Balaban J connectivity index is 1.45. The first-order valence-corrected chi connectivity index (χ1v) is 14.5. The second kappa shape index (κ2) is 13.9. The summed E-state index contributed by atoms with van der Waals surface area (Å²) < 4.78 is 19.1. The third-order valence-corrected chi connectivity index (χ3v) is 7.87. The molecule has 0 aliphatic carbocycles. The third kappa shape index (κ3) is 7.23. The van der Waals surface area contributed by atoms with Crippen LogP contribution in [-0.4, -0.2) is 48.9 Å². The van der Waals surface area contributed by atoms with Crippen molar-refractivity contribution in [3.63, 3.8) is 0 Å². The van der Waals surface area contributed by atoms with E-state index in [-0.39, 0.29) is 11.8 Å². The molecule has 0 fully saturated rings. The van der Waals surface area contributed by atoms with Crippen LogP contribution in [0.1, 0.15) is 42.3 Å². The highest BCUT2D eigenvalue weighted by atomic mass is 79.9. The van der Waals surface area contributed by atoms with Crippen LogP contribution >= 0.6 is 27.5 Å². The Morgan fingerprint density at radius 1 is 1.05 bits per heavy atom. The molecular weight excluding hydrogens is 610 g/mol. The van der Waals surface area contributed by atoms with E-state index in [4.69, 9.17) is 35.9 Å². The van der Waals surface area contributed by atoms with E-state index in [1.165, 1.54) is 0 Å². The van der Waals surface area contributed by atoms with E-state index in [1.54, 1.807) is 21.3 Å². The van der Waals surface area contributed by atoms with Crippen LogP contribution in [0.4, 0.5) is 5.82 Å². The fraction of sp³-hybridized carbons (Fsp3) is 0.367. The van der Waals surface area contributed by atoms with Crippen molar-refractivity contribution < 1.29 is 19.0 Å². The minimum absolute atomic E-state index is 0.0397. The van der Waals surface area contributed by atoms with Gasteiger partial charge in [-0.1, -0.05) is 40.5 Å². The van der Waals surface area contributed by atoms with Crippen molar-refractivity contribution in [2.75, 3.05) is 33.7 Å². The van der Waals surface area contributed by atoms with E-state index >= 15 is 0 Å². The summed E-state index contributed by atoms with van der Waals surface area (Å²) in [6.45, 7) is 2.40. The fourth-order valence-corrected chi connectivity index (χ4v) is 5.47. The summed E-state index contributed by atoms with van der Waals surface area (Å²) in [7, 11) is 6.63. The van der Waals surface area contributed by atoms with Gasteiger partial charge in [-0.3, -0.25) is 4.79 Å². The van der Waals surface area contributed by atoms with Crippen LogP contribution in [0.3, 0.4) is 0 Å². The van der Waals surface area contributed by atoms with Gasteiger partial charge in [-0.05, 0) is 60.7 Å². The largest absolute Gasteiger partial charge is 0.496 e. The molecule has 0 aliphatic heterocycles. The van der Waals surface area contributed by atoms with Gasteiger partial charge in [-0.25, -0.2) is 9.50 Å². The zero-order chi connectivity index (χ0) is 29.5. The molecule has 2 N–H and O–H groups in total. The minimum atomic E-state index is -0.0397. The molecule has 0 saturated carbocycles. The number of carbonyl (C=O) groups excluding carboxylic acids is 1. The Morgan fingerprint density at radius 2 is 1.80 bits per heavy atom. The monoisotopic (exact) mass is 643 g/mol. The molecule has 4 rings (SSSR count). The number of nitrogens with zero attached hydrogens (tertiary/aromatic N) is 3. The second-order valence-corrected chi connectivity index (χ2v) is 11.1. The second-order valence-electron chi connectivity index (χ2n) is 9.78. The maximum atomic E-state index is 12.9. The highest BCUT2D eigenvalue weighted by molar-refractivity contribution is 9.10. The number of nitrogens with one attached hydrogen (secondary N) is 2. The zero-order valence-corrected chi connectivity index (χ0v) is 26.2. The molecule has 2 aromatic carbocycles. The van der Waals surface area contributed by atoms with Crippen molar-refractivity contribution in [2.24, 2.45) is 5.92 Å². The van der Waals surface area contributed by atoms with Crippen LogP contribution in [0.25, 0.3) is 5.65 Å². The molecule has 11 heteroatoms. The highest BCUT2D eigenvalue weighted by Crippen LogP contribution is 2.38. The minimum Gasteiger partial charge on any atom is -0.496 e. The van der Waals surface area contributed by atoms with Gasteiger partial charge in [0.1, 0.15) is 11.6 Å². The predicted molar refractivity (Wildman–Crippen MR) is 165 cm³/mol. The molecule has 41 heavy (non-hydrogen) atoms. The van der Waals surface area contributed by atoms with Gasteiger partial charge in [0.15, 0.2) is 17.1 Å². The lowest BCUT2D eigenvalue weighted by molar-refractivity contribution is -0.121. The van der Waals surface area contributed by atoms with Crippen LogP contribution in [-0.2, 0) is 24.2 Å². The Hall–Kier alpha value is -3.50. The topological polar surface area (TPSA) is 99.0 Å². The number of imidazole rings is 1. The van der Waals surface area contributed by atoms with Crippen LogP contribution in [0.15, 0.2) is 46.9 Å². The van der Waals surface area contributed by atoms with Crippen LogP contribution in [0, 0.1) is 5.92 Å². The van der Waals surface area contributed by atoms with Crippen LogP contribution < -0.4 is 24.8 Å². The number of anilines is 1. The van der Waals surface area contributed by atoms with E-state index in [2.05, 4.69) is 33.5 Å². The molecule has 0 radical (unpaired) electrons. The first-order chi connectivity index (χ1) is 19.8. The molecule has 9 nitrogen and oxygen atoms in total. The van der Waals surface area contributed by atoms with Gasteiger partial charge < -0.3 is 24.8 Å². The smallest absolute Gasteiger partial charge is 0.220 e. The standard InChI is InChI=1S/C30H35BrClN5O4/c1-18(14-19-7-9-25(40-4)30(41-5)29(19)32)6-13-28(38)34-17-22-23(16-20-15-21(31)8-10-24(20)39-3)37-27(35-22)12-11-26(33-2)36-37/h7-12,15,18H,6,13-14,16-17H2,1-5H3,(H,33,36)(H,34,38). The number of benzene rings is 2. The van der Waals surface area contributed by atoms with E-state index < -0.39 is 0 Å². The van der Waals surface area contributed by atoms with Crippen LogP contribution in [0.2, 0.25) is 5.02 Å². The summed E-state index contributed by atoms with van der Waals surface area (Å²) in [5.74, 6) is 2.80. The van der Waals surface area contributed by atoms with Gasteiger partial charge in [0, 0.05) is 29.9 Å². The molecule has 218 valence electrons. The molecule has 1 unspecified atom stereocenters. The first-order valence-electron chi connectivity index (χ1n) is 13.3. The molecule has 0 saturated heterocycles. The fourth-order valence-electron chi connectivity index (χ4n) is 4.76. The maximum absolute atomic E-state index is 12.9. The molecular formula is C30H35BrClN5O4. The first kappa shape index (κ1) is 30.5. The van der Waals surface area contributed by atoms with Crippen molar-refractivity contribution >= 4 is 44.9 Å². The summed E-state index contributed by atoms with van der Waals surface area (Å²) in [5, 5.41) is 11.4. The lowest BCUT2D eigenvalue weighted by atomic mass is 9.96. The molecule has 1 atom stereocenters. The van der Waals surface area contributed by atoms with E-state index in [0.29, 0.717) is 48.0 Å². The van der Waals surface area contributed by atoms with Crippen molar-refractivity contribution in [1.29, 1.82) is 0 Å². The number of aromatic nitrogens is 3. The van der Waals surface area contributed by atoms with Crippen molar-refractivity contribution in [1.82, 2.24) is 19.9 Å². The predicted octanol–water partition coefficient (Wildman–Crippen LogP) is 6.08. The SMILES string of the molecule is CNc1ccc2nc(CNC(=O)CCC(C)Cc3ccc(OC)c(OC)c3Cl)c(Cc3cc(Br)ccc3OC)n2n1. The lowest BCUT2D eigenvalue weighted by Crippen LogP contribution is -2.24. The zero-order valence-electron chi connectivity index (χ0n) is 23.9. The van der Waals surface area contributed by atoms with Gasteiger partial charge in [0.2, 0.25) is 5.91 Å². The molecule has 0 bridgehead atoms. The lowest BCUT2D eigenvalue weighted by Gasteiger charge is -2.16. The van der Waals surface area contributed by atoms with Gasteiger partial charge in [0.25, 0.3) is 0 Å². The van der Waals surface area contributed by atoms with Gasteiger partial charge >= 0.3 is 0 Å². The molecule has 1 amide bonds. The van der Waals surface area contributed by atoms with E-state index in [1.807, 2.05) is 54.0 Å². The number of methoxy groups -OCH3 is 3. The van der Waals surface area contributed by atoms with Crippen molar-refractivity contribution in [2.45, 2.75) is 39.2 Å². The van der Waals surface area contributed by atoms with Gasteiger partial charge in [0.05, 0.1) is 44.3 Å². The van der Waals surface area contributed by atoms with E-state index in [9.17, 15) is 4.79 Å². The number of ether oxygens (including phenoxy) is 3. The Bertz CT molecular complexity index is 1530. The number of carbonyl (C=O) groups is 1. The number of amides is 1. The Labute approximate surface area is 253 Å². The van der Waals surface area contributed by atoms with Crippen molar-refractivity contribution in [3.05, 3.63) is 74.5 Å². The number of rotatable bonds is 13. The Kier molecular flexibility index (Phi) is 10.3. The average Bonchev–Trinajstić information content (AvgIpc) is 3.32. The van der Waals surface area contributed by atoms with E-state index in [0.717, 1.165) is 45.0 Å². The average molecular weight is 645 g/mol. The number of fused-ring (bicyclic) bond motifs is 1. The summed E-state index contributed by atoms with van der Waals surface area (Å²) >= 11 is 10.1. The van der Waals surface area contributed by atoms with Crippen molar-refractivity contribution in [3.8, 4) is 17.2 Å². The van der Waals surface area contributed by atoms with Gasteiger partial charge in [-0.15, -0.1) is 5.10 Å². The number of halogens is 2. The molecule has 2 heterocycles. The number of hydrogen-bond donors (Lipinski definition) is 2. The quantitative estimate of drug-likeness (QED) is 0.182. The maximum Gasteiger partial charge on any atom is 0.220 e. The summed E-state index contributed by atoms with van der Waals surface area (Å²) in [4.78, 5) is 17.7. The normalized spacial score (nSPS) is 11.8. The summed E-state index contributed by atoms with van der Waals surface area (Å²) in [6, 6.07) is 13.5. The molecule has 2 aromatic heterocycles.